The van der Waals surface area contributed by atoms with Crippen LogP contribution < -0.4 is 4.72 Å². The number of nitrogens with one attached hydrogen (secondary N) is 2. The molecule has 0 bridgehead atoms. The molecule has 0 spiro atoms. The van der Waals surface area contributed by atoms with Crippen molar-refractivity contribution in [1.82, 2.24) is 19.8 Å². The lowest BCUT2D eigenvalue weighted by molar-refractivity contribution is 0.0692. The molecule has 0 amide bonds. The summed E-state index contributed by atoms with van der Waals surface area (Å²) in [6.45, 7) is 4.30. The van der Waals surface area contributed by atoms with E-state index in [0.717, 1.165) is 32.1 Å². The van der Waals surface area contributed by atoms with Gasteiger partial charge in [-0.25, -0.2) is 17.9 Å². The molecule has 1 unspecified atom stereocenters. The number of aromatic nitrogens is 2. The van der Waals surface area contributed by atoms with Crippen LogP contribution in [0.25, 0.3) is 0 Å². The van der Waals surface area contributed by atoms with Crippen LogP contribution in [0.5, 0.6) is 0 Å². The van der Waals surface area contributed by atoms with E-state index in [0.29, 0.717) is 6.54 Å². The van der Waals surface area contributed by atoms with E-state index in [4.69, 9.17) is 5.11 Å². The Morgan fingerprint density at radius 2 is 2.20 bits per heavy atom. The standard InChI is InChI=1S/C11H18N4O4S/c1-8(7-15-4-2-3-5-15)14-20(18,19)10-9(11(16)17)6-12-13-10/h6,8,14H,2-5,7H2,1H3,(H,12,13)(H,16,17). The summed E-state index contributed by atoms with van der Waals surface area (Å²) >= 11 is 0. The molecule has 8 nitrogen and oxygen atoms in total. The summed E-state index contributed by atoms with van der Waals surface area (Å²) in [7, 11) is -3.91. The van der Waals surface area contributed by atoms with Crippen LogP contribution in [0, 0.1) is 0 Å². The molecule has 2 rings (SSSR count). The highest BCUT2D eigenvalue weighted by Crippen LogP contribution is 2.13. The lowest BCUT2D eigenvalue weighted by Gasteiger charge is -2.20. The number of carboxylic acid groups (broad SMARTS) is 1. The van der Waals surface area contributed by atoms with Gasteiger partial charge in [-0.05, 0) is 32.9 Å². The molecule has 0 radical (unpaired) electrons. The van der Waals surface area contributed by atoms with Gasteiger partial charge in [-0.1, -0.05) is 0 Å². The molecule has 1 aliphatic rings. The fourth-order valence-corrected chi connectivity index (χ4v) is 3.67. The molecule has 1 atom stereocenters. The minimum absolute atomic E-state index is 0.303. The minimum Gasteiger partial charge on any atom is -0.478 e. The highest BCUT2D eigenvalue weighted by atomic mass is 32.2. The Kier molecular flexibility index (Phi) is 4.41. The highest BCUT2D eigenvalue weighted by Gasteiger charge is 2.27. The van der Waals surface area contributed by atoms with Crippen molar-refractivity contribution in [2.24, 2.45) is 0 Å². The van der Waals surface area contributed by atoms with Crippen molar-refractivity contribution in [3.8, 4) is 0 Å². The highest BCUT2D eigenvalue weighted by molar-refractivity contribution is 7.89. The number of aromatic carboxylic acids is 1. The molecule has 112 valence electrons. The molecule has 0 aliphatic carbocycles. The topological polar surface area (TPSA) is 115 Å². The first-order valence-corrected chi connectivity index (χ1v) is 7.90. The largest absolute Gasteiger partial charge is 0.478 e. The van der Waals surface area contributed by atoms with Crippen LogP contribution in [0.4, 0.5) is 0 Å². The predicted octanol–water partition coefficient (Wildman–Crippen LogP) is -0.129. The van der Waals surface area contributed by atoms with E-state index in [1.165, 1.54) is 0 Å². The average Bonchev–Trinajstić information content (AvgIpc) is 2.97. The molecule has 1 fully saturated rings. The Hall–Kier alpha value is -1.45. The zero-order valence-electron chi connectivity index (χ0n) is 11.2. The van der Waals surface area contributed by atoms with Gasteiger partial charge >= 0.3 is 5.97 Å². The summed E-state index contributed by atoms with van der Waals surface area (Å²) in [5, 5.41) is 14.2. The third kappa shape index (κ3) is 3.35. The van der Waals surface area contributed by atoms with Gasteiger partial charge in [0, 0.05) is 12.6 Å². The Bertz CT molecular complexity index is 577. The number of hydrogen-bond acceptors (Lipinski definition) is 5. The van der Waals surface area contributed by atoms with Gasteiger partial charge in [0.2, 0.25) is 0 Å². The normalized spacial score (nSPS) is 18.2. The molecular weight excluding hydrogens is 284 g/mol. The van der Waals surface area contributed by atoms with Gasteiger partial charge in [-0.2, -0.15) is 5.10 Å². The third-order valence-corrected chi connectivity index (χ3v) is 4.75. The van der Waals surface area contributed by atoms with Crippen LogP contribution in [-0.4, -0.2) is 60.3 Å². The summed E-state index contributed by atoms with van der Waals surface area (Å²) in [4.78, 5) is 13.1. The van der Waals surface area contributed by atoms with Gasteiger partial charge in [0.1, 0.15) is 5.56 Å². The minimum atomic E-state index is -3.91. The summed E-state index contributed by atoms with van der Waals surface area (Å²) in [5.41, 5.74) is -0.356. The van der Waals surface area contributed by atoms with E-state index in [1.807, 2.05) is 0 Å². The lowest BCUT2D eigenvalue weighted by Crippen LogP contribution is -2.41. The SMILES string of the molecule is CC(CN1CCCC1)NS(=O)(=O)c1[nH]ncc1C(=O)O. The van der Waals surface area contributed by atoms with Crippen molar-refractivity contribution in [2.45, 2.75) is 30.8 Å². The van der Waals surface area contributed by atoms with Gasteiger partial charge in [-0.3, -0.25) is 5.10 Å². The summed E-state index contributed by atoms with van der Waals surface area (Å²) in [6.07, 6.45) is 3.24. The molecular formula is C11H18N4O4S. The van der Waals surface area contributed by atoms with Crippen molar-refractivity contribution in [3.63, 3.8) is 0 Å². The van der Waals surface area contributed by atoms with Crippen molar-refractivity contribution >= 4 is 16.0 Å². The molecule has 0 saturated carbocycles. The summed E-state index contributed by atoms with van der Waals surface area (Å²) in [6, 6.07) is -0.303. The zero-order chi connectivity index (χ0) is 14.8. The number of aromatic amines is 1. The molecule has 1 saturated heterocycles. The van der Waals surface area contributed by atoms with E-state index in [1.54, 1.807) is 6.92 Å². The second-order valence-corrected chi connectivity index (χ2v) is 6.60. The Morgan fingerprint density at radius 1 is 1.55 bits per heavy atom. The number of sulfonamides is 1. The lowest BCUT2D eigenvalue weighted by atomic mass is 10.3. The maximum absolute atomic E-state index is 12.1. The number of hydrogen-bond donors (Lipinski definition) is 3. The van der Waals surface area contributed by atoms with Crippen molar-refractivity contribution in [3.05, 3.63) is 11.8 Å². The summed E-state index contributed by atoms with van der Waals surface area (Å²) in [5.74, 6) is -1.33. The van der Waals surface area contributed by atoms with Gasteiger partial charge < -0.3 is 10.0 Å². The third-order valence-electron chi connectivity index (χ3n) is 3.19. The molecule has 1 aliphatic heterocycles. The first-order chi connectivity index (χ1) is 9.40. The second-order valence-electron chi connectivity index (χ2n) is 4.95. The summed E-state index contributed by atoms with van der Waals surface area (Å²) < 4.78 is 26.8. The van der Waals surface area contributed by atoms with Crippen LogP contribution in [0.15, 0.2) is 11.2 Å². The predicted molar refractivity (Wildman–Crippen MR) is 71.0 cm³/mol. The molecule has 1 aromatic rings. The van der Waals surface area contributed by atoms with E-state index in [9.17, 15) is 13.2 Å². The number of carbonyl (C=O) groups is 1. The molecule has 2 heterocycles. The fourth-order valence-electron chi connectivity index (χ4n) is 2.35. The number of likely N-dealkylation sites (tertiary alicyclic amines) is 1. The molecule has 3 N–H and O–H groups in total. The second kappa shape index (κ2) is 5.90. The van der Waals surface area contributed by atoms with Gasteiger partial charge in [-0.15, -0.1) is 0 Å². The Labute approximate surface area is 117 Å². The van der Waals surface area contributed by atoms with Crippen LogP contribution in [0.2, 0.25) is 0 Å². The van der Waals surface area contributed by atoms with E-state index >= 15 is 0 Å². The molecule has 1 aromatic heterocycles. The van der Waals surface area contributed by atoms with E-state index < -0.39 is 21.0 Å². The number of H-pyrrole nitrogens is 1. The first kappa shape index (κ1) is 14.9. The van der Waals surface area contributed by atoms with E-state index in [-0.39, 0.29) is 11.6 Å². The van der Waals surface area contributed by atoms with Crippen LogP contribution in [-0.2, 0) is 10.0 Å². The zero-order valence-corrected chi connectivity index (χ0v) is 12.0. The fraction of sp³-hybridized carbons (Fsp3) is 0.636. The van der Waals surface area contributed by atoms with Crippen molar-refractivity contribution in [1.29, 1.82) is 0 Å². The monoisotopic (exact) mass is 302 g/mol. The van der Waals surface area contributed by atoms with Gasteiger partial charge in [0.15, 0.2) is 5.03 Å². The van der Waals surface area contributed by atoms with Crippen LogP contribution in [0.1, 0.15) is 30.1 Å². The van der Waals surface area contributed by atoms with Crippen LogP contribution in [0.3, 0.4) is 0 Å². The van der Waals surface area contributed by atoms with Gasteiger partial charge in [0.05, 0.1) is 6.20 Å². The van der Waals surface area contributed by atoms with Crippen molar-refractivity contribution in [2.75, 3.05) is 19.6 Å². The number of rotatable bonds is 6. The number of nitrogens with zero attached hydrogens (tertiary/aromatic N) is 2. The maximum Gasteiger partial charge on any atom is 0.340 e. The van der Waals surface area contributed by atoms with Crippen LogP contribution >= 0.6 is 0 Å². The molecule has 9 heteroatoms. The smallest absolute Gasteiger partial charge is 0.340 e. The Balaban J connectivity index is 2.06. The number of carboxylic acids is 1. The maximum atomic E-state index is 12.1. The first-order valence-electron chi connectivity index (χ1n) is 6.41. The molecule has 20 heavy (non-hydrogen) atoms. The molecule has 0 aromatic carbocycles. The Morgan fingerprint density at radius 3 is 2.80 bits per heavy atom. The van der Waals surface area contributed by atoms with Gasteiger partial charge in [0.25, 0.3) is 10.0 Å². The van der Waals surface area contributed by atoms with Crippen molar-refractivity contribution < 1.29 is 18.3 Å². The average molecular weight is 302 g/mol. The quantitative estimate of drug-likeness (QED) is 0.674. The van der Waals surface area contributed by atoms with E-state index in [2.05, 4.69) is 19.8 Å².